The highest BCUT2D eigenvalue weighted by atomic mass is 16.2. The summed E-state index contributed by atoms with van der Waals surface area (Å²) in [6.07, 6.45) is 1.07. The molecular formula is C11H20N2O. The monoisotopic (exact) mass is 196 g/mol. The fourth-order valence-corrected chi connectivity index (χ4v) is 2.24. The second-order valence-corrected chi connectivity index (χ2v) is 5.38. The van der Waals surface area contributed by atoms with Crippen molar-refractivity contribution < 1.29 is 4.79 Å². The first kappa shape index (κ1) is 9.97. The molecule has 2 rings (SSSR count). The molecule has 2 fully saturated rings. The molecule has 1 heterocycles. The van der Waals surface area contributed by atoms with E-state index in [1.807, 2.05) is 4.90 Å². The van der Waals surface area contributed by atoms with Gasteiger partial charge in [0.15, 0.2) is 0 Å². The maximum absolute atomic E-state index is 12.0. The summed E-state index contributed by atoms with van der Waals surface area (Å²) in [6.45, 7) is 9.21. The van der Waals surface area contributed by atoms with Gasteiger partial charge in [-0.3, -0.25) is 4.79 Å². The van der Waals surface area contributed by atoms with Crippen molar-refractivity contribution in [3.8, 4) is 0 Å². The van der Waals surface area contributed by atoms with E-state index in [0.717, 1.165) is 26.1 Å². The van der Waals surface area contributed by atoms with Crippen molar-refractivity contribution in [2.24, 2.45) is 11.3 Å². The molecule has 1 aliphatic carbocycles. The van der Waals surface area contributed by atoms with Crippen LogP contribution < -0.4 is 5.32 Å². The molecule has 0 spiro atoms. The van der Waals surface area contributed by atoms with E-state index in [1.54, 1.807) is 0 Å². The Morgan fingerprint density at radius 3 is 2.64 bits per heavy atom. The maximum Gasteiger partial charge on any atom is 0.226 e. The van der Waals surface area contributed by atoms with Crippen molar-refractivity contribution in [2.75, 3.05) is 19.6 Å². The number of carbonyl (C=O) groups is 1. The van der Waals surface area contributed by atoms with Crippen LogP contribution in [-0.4, -0.2) is 36.5 Å². The van der Waals surface area contributed by atoms with Crippen molar-refractivity contribution in [1.82, 2.24) is 10.2 Å². The molecule has 1 amide bonds. The van der Waals surface area contributed by atoms with Crippen LogP contribution in [0.5, 0.6) is 0 Å². The summed E-state index contributed by atoms with van der Waals surface area (Å²) in [7, 11) is 0. The quantitative estimate of drug-likeness (QED) is 0.674. The number of piperazine rings is 1. The Bertz CT molecular complexity index is 250. The van der Waals surface area contributed by atoms with Crippen LogP contribution in [0.1, 0.15) is 27.2 Å². The third-order valence-electron chi connectivity index (χ3n) is 3.49. The van der Waals surface area contributed by atoms with Crippen molar-refractivity contribution in [3.05, 3.63) is 0 Å². The molecule has 2 unspecified atom stereocenters. The molecule has 0 aromatic carbocycles. The van der Waals surface area contributed by atoms with Gasteiger partial charge in [0.1, 0.15) is 0 Å². The number of hydrogen-bond donors (Lipinski definition) is 1. The molecule has 0 bridgehead atoms. The second-order valence-electron chi connectivity index (χ2n) is 5.38. The summed E-state index contributed by atoms with van der Waals surface area (Å²) in [5.74, 6) is 0.677. The molecular weight excluding hydrogens is 176 g/mol. The van der Waals surface area contributed by atoms with Gasteiger partial charge < -0.3 is 10.2 Å². The molecule has 1 aliphatic heterocycles. The van der Waals surface area contributed by atoms with Gasteiger partial charge in [-0.2, -0.15) is 0 Å². The van der Waals surface area contributed by atoms with E-state index in [9.17, 15) is 4.79 Å². The molecule has 0 aromatic heterocycles. The third-order valence-corrected chi connectivity index (χ3v) is 3.49. The summed E-state index contributed by atoms with van der Waals surface area (Å²) in [4.78, 5) is 14.0. The summed E-state index contributed by atoms with van der Waals surface area (Å²) in [6, 6.07) is 0.453. The molecule has 0 aromatic rings. The highest BCUT2D eigenvalue weighted by Gasteiger charge is 2.52. The molecule has 14 heavy (non-hydrogen) atoms. The van der Waals surface area contributed by atoms with E-state index in [1.165, 1.54) is 0 Å². The third kappa shape index (κ3) is 1.78. The van der Waals surface area contributed by atoms with Crippen LogP contribution in [0.2, 0.25) is 0 Å². The number of hydrogen-bond acceptors (Lipinski definition) is 2. The van der Waals surface area contributed by atoms with Gasteiger partial charge in [0.25, 0.3) is 0 Å². The van der Waals surface area contributed by atoms with Crippen molar-refractivity contribution in [2.45, 2.75) is 33.2 Å². The van der Waals surface area contributed by atoms with Crippen LogP contribution in [0.3, 0.4) is 0 Å². The predicted molar refractivity (Wildman–Crippen MR) is 55.9 cm³/mol. The van der Waals surface area contributed by atoms with Crippen LogP contribution in [-0.2, 0) is 4.79 Å². The normalized spacial score (nSPS) is 35.5. The SMILES string of the molecule is CC1CN(C(=O)C2CC2(C)C)CCN1. The van der Waals surface area contributed by atoms with Crippen LogP contribution in [0, 0.1) is 11.3 Å². The number of amides is 1. The minimum atomic E-state index is 0.269. The Labute approximate surface area is 85.8 Å². The lowest BCUT2D eigenvalue weighted by atomic mass is 10.1. The zero-order valence-electron chi connectivity index (χ0n) is 9.34. The van der Waals surface area contributed by atoms with E-state index in [2.05, 4.69) is 26.1 Å². The van der Waals surface area contributed by atoms with Gasteiger partial charge in [-0.25, -0.2) is 0 Å². The first-order valence-corrected chi connectivity index (χ1v) is 5.53. The van der Waals surface area contributed by atoms with Crippen LogP contribution in [0.4, 0.5) is 0 Å². The first-order chi connectivity index (χ1) is 6.50. The Kier molecular flexibility index (Phi) is 2.30. The minimum absolute atomic E-state index is 0.269. The maximum atomic E-state index is 12.0. The van der Waals surface area contributed by atoms with Gasteiger partial charge in [-0.1, -0.05) is 13.8 Å². The standard InChI is InChI=1S/C11H20N2O/c1-8-7-13(5-4-12-8)10(14)9-6-11(9,2)3/h8-9,12H,4-7H2,1-3H3. The average molecular weight is 196 g/mol. The van der Waals surface area contributed by atoms with Gasteiger partial charge in [0.05, 0.1) is 0 Å². The van der Waals surface area contributed by atoms with E-state index in [-0.39, 0.29) is 5.41 Å². The zero-order chi connectivity index (χ0) is 10.3. The molecule has 2 aliphatic rings. The summed E-state index contributed by atoms with van der Waals surface area (Å²) >= 11 is 0. The lowest BCUT2D eigenvalue weighted by Crippen LogP contribution is -2.52. The highest BCUT2D eigenvalue weighted by molar-refractivity contribution is 5.82. The smallest absolute Gasteiger partial charge is 0.226 e. The number of nitrogens with one attached hydrogen (secondary N) is 1. The first-order valence-electron chi connectivity index (χ1n) is 5.53. The molecule has 80 valence electrons. The van der Waals surface area contributed by atoms with Crippen molar-refractivity contribution in [3.63, 3.8) is 0 Å². The molecule has 3 heteroatoms. The lowest BCUT2D eigenvalue weighted by molar-refractivity contribution is -0.134. The van der Waals surface area contributed by atoms with Gasteiger partial charge in [0.2, 0.25) is 5.91 Å². The topological polar surface area (TPSA) is 32.3 Å². The summed E-state index contributed by atoms with van der Waals surface area (Å²) in [5.41, 5.74) is 0.269. The van der Waals surface area contributed by atoms with E-state index in [4.69, 9.17) is 0 Å². The summed E-state index contributed by atoms with van der Waals surface area (Å²) in [5, 5.41) is 3.35. The summed E-state index contributed by atoms with van der Waals surface area (Å²) < 4.78 is 0. The molecule has 3 nitrogen and oxygen atoms in total. The number of carbonyl (C=O) groups excluding carboxylic acids is 1. The van der Waals surface area contributed by atoms with Crippen molar-refractivity contribution >= 4 is 5.91 Å². The van der Waals surface area contributed by atoms with Crippen LogP contribution >= 0.6 is 0 Å². The minimum Gasteiger partial charge on any atom is -0.340 e. The fraction of sp³-hybridized carbons (Fsp3) is 0.909. The lowest BCUT2D eigenvalue weighted by Gasteiger charge is -2.32. The molecule has 0 radical (unpaired) electrons. The fourth-order valence-electron chi connectivity index (χ4n) is 2.24. The van der Waals surface area contributed by atoms with Gasteiger partial charge >= 0.3 is 0 Å². The van der Waals surface area contributed by atoms with Gasteiger partial charge in [-0.05, 0) is 18.8 Å². The molecule has 1 saturated heterocycles. The highest BCUT2D eigenvalue weighted by Crippen LogP contribution is 2.52. The zero-order valence-corrected chi connectivity index (χ0v) is 9.34. The van der Waals surface area contributed by atoms with Crippen LogP contribution in [0.25, 0.3) is 0 Å². The Morgan fingerprint density at radius 1 is 1.50 bits per heavy atom. The Morgan fingerprint density at radius 2 is 2.14 bits per heavy atom. The van der Waals surface area contributed by atoms with Gasteiger partial charge in [-0.15, -0.1) is 0 Å². The van der Waals surface area contributed by atoms with Gasteiger partial charge in [0, 0.05) is 31.6 Å². The van der Waals surface area contributed by atoms with E-state index < -0.39 is 0 Å². The van der Waals surface area contributed by atoms with Crippen LogP contribution in [0.15, 0.2) is 0 Å². The second kappa shape index (κ2) is 3.23. The number of rotatable bonds is 1. The van der Waals surface area contributed by atoms with E-state index >= 15 is 0 Å². The Balaban J connectivity index is 1.92. The molecule has 2 atom stereocenters. The Hall–Kier alpha value is -0.570. The average Bonchev–Trinajstić information content (AvgIpc) is 2.74. The number of nitrogens with zero attached hydrogens (tertiary/aromatic N) is 1. The van der Waals surface area contributed by atoms with Crippen molar-refractivity contribution in [1.29, 1.82) is 0 Å². The molecule has 1 saturated carbocycles. The predicted octanol–water partition coefficient (Wildman–Crippen LogP) is 0.853. The largest absolute Gasteiger partial charge is 0.340 e. The van der Waals surface area contributed by atoms with E-state index in [0.29, 0.717) is 17.9 Å². The molecule has 1 N–H and O–H groups in total.